The fourth-order valence-corrected chi connectivity index (χ4v) is 3.16. The number of carbonyl (C=O) groups is 1. The molecule has 2 unspecified atom stereocenters. The first-order valence-electron chi connectivity index (χ1n) is 7.31. The van der Waals surface area contributed by atoms with Crippen LogP contribution in [0.4, 0.5) is 0 Å². The zero-order valence-electron chi connectivity index (χ0n) is 11.3. The van der Waals surface area contributed by atoms with Gasteiger partial charge >= 0.3 is 0 Å². The maximum atomic E-state index is 12.2. The van der Waals surface area contributed by atoms with Crippen LogP contribution in [0.5, 0.6) is 0 Å². The van der Waals surface area contributed by atoms with Gasteiger partial charge in [-0.15, -0.1) is 12.4 Å². The van der Waals surface area contributed by atoms with Crippen LogP contribution in [0.15, 0.2) is 0 Å². The SMILES string of the molecule is Cl.NC1CCCCC1CC(=O)N1CCCCCC1. The number of hydrogen-bond donors (Lipinski definition) is 1. The predicted molar refractivity (Wildman–Crippen MR) is 76.8 cm³/mol. The van der Waals surface area contributed by atoms with Crippen molar-refractivity contribution in [3.63, 3.8) is 0 Å². The molecule has 0 spiro atoms. The van der Waals surface area contributed by atoms with Crippen molar-refractivity contribution in [1.29, 1.82) is 0 Å². The number of rotatable bonds is 2. The van der Waals surface area contributed by atoms with Crippen LogP contribution >= 0.6 is 12.4 Å². The summed E-state index contributed by atoms with van der Waals surface area (Å²) in [5.74, 6) is 0.800. The first-order valence-corrected chi connectivity index (χ1v) is 7.31. The van der Waals surface area contributed by atoms with Gasteiger partial charge in [-0.3, -0.25) is 4.79 Å². The lowest BCUT2D eigenvalue weighted by Crippen LogP contribution is -2.39. The molecule has 0 aromatic heterocycles. The minimum atomic E-state index is 0. The molecule has 1 saturated heterocycles. The van der Waals surface area contributed by atoms with E-state index >= 15 is 0 Å². The van der Waals surface area contributed by atoms with Gasteiger partial charge in [0.25, 0.3) is 0 Å². The van der Waals surface area contributed by atoms with Crippen LogP contribution in [0.3, 0.4) is 0 Å². The molecule has 0 bridgehead atoms. The highest BCUT2D eigenvalue weighted by Crippen LogP contribution is 2.26. The van der Waals surface area contributed by atoms with Crippen molar-refractivity contribution in [3.05, 3.63) is 0 Å². The molecular weight excluding hydrogens is 248 g/mol. The van der Waals surface area contributed by atoms with Gasteiger partial charge in [-0.1, -0.05) is 25.7 Å². The van der Waals surface area contributed by atoms with Gasteiger partial charge in [0.2, 0.25) is 5.91 Å². The van der Waals surface area contributed by atoms with Crippen LogP contribution in [0, 0.1) is 5.92 Å². The summed E-state index contributed by atoms with van der Waals surface area (Å²) in [5, 5.41) is 0. The lowest BCUT2D eigenvalue weighted by molar-refractivity contribution is -0.132. The summed E-state index contributed by atoms with van der Waals surface area (Å²) in [7, 11) is 0. The van der Waals surface area contributed by atoms with E-state index in [0.29, 0.717) is 18.2 Å². The Balaban J connectivity index is 0.00000162. The van der Waals surface area contributed by atoms with Gasteiger partial charge in [0.15, 0.2) is 0 Å². The van der Waals surface area contributed by atoms with Crippen LogP contribution in [0.25, 0.3) is 0 Å². The average Bonchev–Trinajstić information content (AvgIpc) is 2.61. The molecular formula is C14H27ClN2O. The Labute approximate surface area is 117 Å². The maximum Gasteiger partial charge on any atom is 0.222 e. The lowest BCUT2D eigenvalue weighted by atomic mass is 9.82. The first-order chi connectivity index (χ1) is 8.27. The molecule has 2 atom stereocenters. The van der Waals surface area contributed by atoms with Crippen molar-refractivity contribution >= 4 is 18.3 Å². The minimum absolute atomic E-state index is 0. The molecule has 106 valence electrons. The van der Waals surface area contributed by atoms with Gasteiger partial charge in [0, 0.05) is 25.6 Å². The molecule has 2 aliphatic rings. The number of likely N-dealkylation sites (tertiary alicyclic amines) is 1. The first kappa shape index (κ1) is 15.8. The standard InChI is InChI=1S/C14H26N2O.ClH/c15-13-8-4-3-7-12(13)11-14(17)16-9-5-1-2-6-10-16;/h12-13H,1-11,15H2;1H. The fraction of sp³-hybridized carbons (Fsp3) is 0.929. The van der Waals surface area contributed by atoms with E-state index in [-0.39, 0.29) is 18.4 Å². The molecule has 4 heteroatoms. The van der Waals surface area contributed by atoms with E-state index in [2.05, 4.69) is 4.90 Å². The van der Waals surface area contributed by atoms with E-state index < -0.39 is 0 Å². The van der Waals surface area contributed by atoms with E-state index in [9.17, 15) is 4.79 Å². The minimum Gasteiger partial charge on any atom is -0.343 e. The summed E-state index contributed by atoms with van der Waals surface area (Å²) >= 11 is 0. The highest BCUT2D eigenvalue weighted by atomic mass is 35.5. The second-order valence-electron chi connectivity index (χ2n) is 5.71. The van der Waals surface area contributed by atoms with Crippen molar-refractivity contribution in [3.8, 4) is 0 Å². The van der Waals surface area contributed by atoms with E-state index in [1.54, 1.807) is 0 Å². The van der Waals surface area contributed by atoms with Crippen LogP contribution in [0.2, 0.25) is 0 Å². The molecule has 18 heavy (non-hydrogen) atoms. The number of carbonyl (C=O) groups excluding carboxylic acids is 1. The van der Waals surface area contributed by atoms with Crippen LogP contribution in [-0.4, -0.2) is 29.9 Å². The Morgan fingerprint density at radius 1 is 1.00 bits per heavy atom. The van der Waals surface area contributed by atoms with Crippen molar-refractivity contribution in [2.75, 3.05) is 13.1 Å². The summed E-state index contributed by atoms with van der Waals surface area (Å²) < 4.78 is 0. The predicted octanol–water partition coefficient (Wildman–Crippen LogP) is 2.72. The molecule has 1 heterocycles. The third-order valence-corrected chi connectivity index (χ3v) is 4.36. The Kier molecular flexibility index (Phi) is 7.02. The van der Waals surface area contributed by atoms with Crippen molar-refractivity contribution < 1.29 is 4.79 Å². The summed E-state index contributed by atoms with van der Waals surface area (Å²) in [4.78, 5) is 14.3. The Bertz CT molecular complexity index is 252. The molecule has 2 N–H and O–H groups in total. The third kappa shape index (κ3) is 4.43. The van der Waals surface area contributed by atoms with Crippen molar-refractivity contribution in [2.24, 2.45) is 11.7 Å². The Hall–Kier alpha value is -0.280. The van der Waals surface area contributed by atoms with Crippen molar-refractivity contribution in [1.82, 2.24) is 4.90 Å². The van der Waals surface area contributed by atoms with Crippen LogP contribution in [0.1, 0.15) is 57.8 Å². The molecule has 1 aliphatic heterocycles. The molecule has 0 aromatic rings. The highest BCUT2D eigenvalue weighted by molar-refractivity contribution is 5.85. The largest absolute Gasteiger partial charge is 0.343 e. The quantitative estimate of drug-likeness (QED) is 0.842. The number of halogens is 1. The number of nitrogens with zero attached hydrogens (tertiary/aromatic N) is 1. The van der Waals surface area contributed by atoms with E-state index in [1.165, 1.54) is 38.5 Å². The summed E-state index contributed by atoms with van der Waals surface area (Å²) in [6.07, 6.45) is 10.4. The molecule has 1 aliphatic carbocycles. The van der Waals surface area contributed by atoms with E-state index in [0.717, 1.165) is 25.9 Å². The summed E-state index contributed by atoms with van der Waals surface area (Å²) in [6.45, 7) is 1.95. The van der Waals surface area contributed by atoms with Gasteiger partial charge in [0.1, 0.15) is 0 Å². The number of hydrogen-bond acceptors (Lipinski definition) is 2. The molecule has 1 saturated carbocycles. The Morgan fingerprint density at radius 2 is 1.61 bits per heavy atom. The zero-order chi connectivity index (χ0) is 12.1. The fourth-order valence-electron chi connectivity index (χ4n) is 3.16. The van der Waals surface area contributed by atoms with Gasteiger partial charge in [0.05, 0.1) is 0 Å². The second kappa shape index (κ2) is 8.00. The van der Waals surface area contributed by atoms with Crippen molar-refractivity contribution in [2.45, 2.75) is 63.8 Å². The topological polar surface area (TPSA) is 46.3 Å². The van der Waals surface area contributed by atoms with Gasteiger partial charge in [-0.25, -0.2) is 0 Å². The summed E-state index contributed by atoms with van der Waals surface area (Å²) in [6, 6.07) is 0.264. The monoisotopic (exact) mass is 274 g/mol. The Morgan fingerprint density at radius 3 is 2.22 bits per heavy atom. The third-order valence-electron chi connectivity index (χ3n) is 4.36. The second-order valence-corrected chi connectivity index (χ2v) is 5.71. The van der Waals surface area contributed by atoms with E-state index in [1.807, 2.05) is 0 Å². The van der Waals surface area contributed by atoms with Gasteiger partial charge in [-0.05, 0) is 31.6 Å². The molecule has 2 fully saturated rings. The normalized spacial score (nSPS) is 29.3. The lowest BCUT2D eigenvalue weighted by Gasteiger charge is -2.30. The van der Waals surface area contributed by atoms with Gasteiger partial charge in [-0.2, -0.15) is 0 Å². The average molecular weight is 275 g/mol. The molecule has 3 nitrogen and oxygen atoms in total. The van der Waals surface area contributed by atoms with Gasteiger partial charge < -0.3 is 10.6 Å². The molecule has 1 amide bonds. The zero-order valence-corrected chi connectivity index (χ0v) is 12.1. The number of amides is 1. The number of nitrogens with two attached hydrogens (primary N) is 1. The maximum absolute atomic E-state index is 12.2. The molecule has 0 radical (unpaired) electrons. The van der Waals surface area contributed by atoms with Crippen LogP contribution < -0.4 is 5.73 Å². The highest BCUT2D eigenvalue weighted by Gasteiger charge is 2.26. The molecule has 0 aromatic carbocycles. The molecule has 2 rings (SSSR count). The smallest absolute Gasteiger partial charge is 0.222 e. The van der Waals surface area contributed by atoms with Crippen LogP contribution in [-0.2, 0) is 4.79 Å². The summed E-state index contributed by atoms with van der Waals surface area (Å²) in [5.41, 5.74) is 6.12. The van der Waals surface area contributed by atoms with E-state index in [4.69, 9.17) is 5.73 Å².